The molecule has 0 aliphatic heterocycles. The zero-order valence-corrected chi connectivity index (χ0v) is 13.5. The quantitative estimate of drug-likeness (QED) is 0.670. The number of rotatable bonds is 3. The van der Waals surface area contributed by atoms with Crippen LogP contribution in [0.5, 0.6) is 5.75 Å². The summed E-state index contributed by atoms with van der Waals surface area (Å²) in [6.45, 7) is 1.67. The Morgan fingerprint density at radius 3 is 2.78 bits per heavy atom. The molecule has 0 aliphatic carbocycles. The van der Waals surface area contributed by atoms with Crippen molar-refractivity contribution in [1.29, 1.82) is 0 Å². The summed E-state index contributed by atoms with van der Waals surface area (Å²) >= 11 is 7.52. The number of thiazole rings is 1. The fourth-order valence-corrected chi connectivity index (χ4v) is 3.16. The van der Waals surface area contributed by atoms with Gasteiger partial charge in [0, 0.05) is 17.1 Å². The maximum absolute atomic E-state index is 11.8. The molecule has 0 saturated heterocycles. The number of carbonyl (C=O) groups excluding carboxylic acids is 1. The minimum Gasteiger partial charge on any atom is -0.508 e. The molecule has 5 N–H and O–H groups in total. The van der Waals surface area contributed by atoms with Crippen molar-refractivity contribution < 1.29 is 9.90 Å². The van der Waals surface area contributed by atoms with E-state index in [0.29, 0.717) is 21.3 Å². The van der Waals surface area contributed by atoms with Crippen LogP contribution in [0.3, 0.4) is 0 Å². The molecule has 3 rings (SSSR count). The molecule has 0 spiro atoms. The summed E-state index contributed by atoms with van der Waals surface area (Å²) in [5.74, 6) is -0.637. The molecule has 0 atom stereocenters. The average Bonchev–Trinajstić information content (AvgIpc) is 3.12. The van der Waals surface area contributed by atoms with Gasteiger partial charge in [-0.15, -0.1) is 11.3 Å². The lowest BCUT2D eigenvalue weighted by atomic mass is 10.1. The highest BCUT2D eigenvalue weighted by Gasteiger charge is 2.25. The number of halogens is 1. The molecule has 9 heteroatoms. The number of benzene rings is 1. The lowest BCUT2D eigenvalue weighted by molar-refractivity contribution is 0.100. The highest BCUT2D eigenvalue weighted by atomic mass is 35.5. The van der Waals surface area contributed by atoms with Crippen molar-refractivity contribution in [2.24, 2.45) is 5.73 Å². The van der Waals surface area contributed by atoms with Crippen molar-refractivity contribution in [2.75, 3.05) is 5.73 Å². The number of phenolic OH excluding ortho intramolecular Hbond substituents is 1. The molecule has 7 nitrogen and oxygen atoms in total. The zero-order chi connectivity index (χ0) is 16.7. The van der Waals surface area contributed by atoms with E-state index in [1.54, 1.807) is 18.5 Å². The predicted octanol–water partition coefficient (Wildman–Crippen LogP) is 2.34. The van der Waals surface area contributed by atoms with Gasteiger partial charge in [-0.3, -0.25) is 4.79 Å². The molecule has 1 aromatic carbocycles. The van der Waals surface area contributed by atoms with Crippen molar-refractivity contribution >= 4 is 34.7 Å². The van der Waals surface area contributed by atoms with E-state index in [-0.39, 0.29) is 22.8 Å². The lowest BCUT2D eigenvalue weighted by Crippen LogP contribution is -2.14. The number of anilines is 1. The van der Waals surface area contributed by atoms with Crippen molar-refractivity contribution in [1.82, 2.24) is 14.8 Å². The SMILES string of the molecule is Cc1c(O)ccc(Cl)c1-n1nc(-c2nccs2)c(C(N)=O)c1N. The molecule has 2 aromatic heterocycles. The molecule has 0 unspecified atom stereocenters. The molecule has 118 valence electrons. The van der Waals surface area contributed by atoms with E-state index in [2.05, 4.69) is 10.1 Å². The first kappa shape index (κ1) is 15.3. The van der Waals surface area contributed by atoms with Crippen molar-refractivity contribution in [2.45, 2.75) is 6.92 Å². The van der Waals surface area contributed by atoms with Gasteiger partial charge in [0.1, 0.15) is 27.8 Å². The van der Waals surface area contributed by atoms with Gasteiger partial charge in [0.05, 0.1) is 10.7 Å². The summed E-state index contributed by atoms with van der Waals surface area (Å²) in [6, 6.07) is 2.99. The fourth-order valence-electron chi connectivity index (χ4n) is 2.25. The maximum Gasteiger partial charge on any atom is 0.254 e. The topological polar surface area (TPSA) is 120 Å². The smallest absolute Gasteiger partial charge is 0.254 e. The summed E-state index contributed by atoms with van der Waals surface area (Å²) < 4.78 is 1.30. The Hall–Kier alpha value is -2.58. The Labute approximate surface area is 140 Å². The monoisotopic (exact) mass is 349 g/mol. The van der Waals surface area contributed by atoms with Crippen LogP contribution in [-0.2, 0) is 0 Å². The molecule has 0 saturated carbocycles. The van der Waals surface area contributed by atoms with Gasteiger partial charge < -0.3 is 16.6 Å². The first-order valence-corrected chi connectivity index (χ1v) is 7.74. The molecule has 1 amide bonds. The van der Waals surface area contributed by atoms with Crippen LogP contribution in [0.15, 0.2) is 23.7 Å². The Morgan fingerprint density at radius 2 is 2.17 bits per heavy atom. The normalized spacial score (nSPS) is 10.9. The van der Waals surface area contributed by atoms with Crippen LogP contribution in [0.1, 0.15) is 15.9 Å². The average molecular weight is 350 g/mol. The largest absolute Gasteiger partial charge is 0.508 e. The third-order valence-corrected chi connectivity index (χ3v) is 4.45. The van der Waals surface area contributed by atoms with Gasteiger partial charge in [0.15, 0.2) is 0 Å². The van der Waals surface area contributed by atoms with Gasteiger partial charge in [-0.1, -0.05) is 11.6 Å². The molecule has 0 aliphatic rings. The summed E-state index contributed by atoms with van der Waals surface area (Å²) in [5, 5.41) is 16.8. The molecule has 3 aromatic rings. The standard InChI is InChI=1S/C14H12ClN5O2S/c1-6-8(21)3-2-7(15)11(6)20-12(16)9(13(17)22)10(19-20)14-18-4-5-23-14/h2-5,21H,16H2,1H3,(H2,17,22). The summed E-state index contributed by atoms with van der Waals surface area (Å²) in [5.41, 5.74) is 12.7. The Balaban J connectivity index is 2.33. The number of nitrogen functional groups attached to an aromatic ring is 1. The molecule has 23 heavy (non-hydrogen) atoms. The number of hydrogen-bond donors (Lipinski definition) is 3. The van der Waals surface area contributed by atoms with Gasteiger partial charge in [-0.25, -0.2) is 9.67 Å². The fraction of sp³-hybridized carbons (Fsp3) is 0.0714. The number of carbonyl (C=O) groups is 1. The van der Waals surface area contributed by atoms with E-state index in [0.717, 1.165) is 0 Å². The van der Waals surface area contributed by atoms with Gasteiger partial charge in [0.25, 0.3) is 5.91 Å². The van der Waals surface area contributed by atoms with Crippen LogP contribution in [0.4, 0.5) is 5.82 Å². The van der Waals surface area contributed by atoms with E-state index in [9.17, 15) is 9.90 Å². The van der Waals surface area contributed by atoms with Crippen molar-refractivity contribution in [3.63, 3.8) is 0 Å². The lowest BCUT2D eigenvalue weighted by Gasteiger charge is -2.11. The maximum atomic E-state index is 11.8. The number of aromatic nitrogens is 3. The predicted molar refractivity (Wildman–Crippen MR) is 89.0 cm³/mol. The van der Waals surface area contributed by atoms with Crippen LogP contribution in [0.2, 0.25) is 5.02 Å². The second kappa shape index (κ2) is 5.56. The Bertz CT molecular complexity index is 905. The van der Waals surface area contributed by atoms with Gasteiger partial charge in [-0.2, -0.15) is 5.10 Å². The first-order chi connectivity index (χ1) is 10.9. The molecule has 0 radical (unpaired) electrons. The van der Waals surface area contributed by atoms with E-state index in [1.807, 2.05) is 0 Å². The third kappa shape index (κ3) is 2.41. The third-order valence-electron chi connectivity index (χ3n) is 3.37. The molecule has 0 bridgehead atoms. The molecular formula is C14H12ClN5O2S. The summed E-state index contributed by atoms with van der Waals surface area (Å²) in [6.07, 6.45) is 1.59. The van der Waals surface area contributed by atoms with E-state index in [4.69, 9.17) is 23.1 Å². The van der Waals surface area contributed by atoms with Gasteiger partial charge >= 0.3 is 0 Å². The number of phenols is 1. The molecule has 0 fully saturated rings. The number of hydrogen-bond acceptors (Lipinski definition) is 6. The minimum atomic E-state index is -0.715. The number of primary amides is 1. The molecular weight excluding hydrogens is 338 g/mol. The Kier molecular flexibility index (Phi) is 3.70. The number of amides is 1. The van der Waals surface area contributed by atoms with Crippen LogP contribution >= 0.6 is 22.9 Å². The van der Waals surface area contributed by atoms with Crippen LogP contribution in [-0.4, -0.2) is 25.8 Å². The van der Waals surface area contributed by atoms with Crippen LogP contribution < -0.4 is 11.5 Å². The van der Waals surface area contributed by atoms with Crippen LogP contribution in [0.25, 0.3) is 16.4 Å². The van der Waals surface area contributed by atoms with Gasteiger partial charge in [-0.05, 0) is 19.1 Å². The highest BCUT2D eigenvalue weighted by Crippen LogP contribution is 2.35. The molecule has 2 heterocycles. The van der Waals surface area contributed by atoms with Gasteiger partial charge in [0.2, 0.25) is 0 Å². The second-order valence-corrected chi connectivity index (χ2v) is 6.06. The highest BCUT2D eigenvalue weighted by molar-refractivity contribution is 7.13. The first-order valence-electron chi connectivity index (χ1n) is 6.48. The van der Waals surface area contributed by atoms with Crippen molar-refractivity contribution in [3.8, 4) is 22.1 Å². The van der Waals surface area contributed by atoms with E-state index >= 15 is 0 Å². The van der Waals surface area contributed by atoms with Crippen LogP contribution in [0, 0.1) is 6.92 Å². The van der Waals surface area contributed by atoms with Crippen molar-refractivity contribution in [3.05, 3.63) is 39.9 Å². The zero-order valence-electron chi connectivity index (χ0n) is 11.9. The van der Waals surface area contributed by atoms with E-state index in [1.165, 1.54) is 28.2 Å². The number of nitrogens with zero attached hydrogens (tertiary/aromatic N) is 3. The minimum absolute atomic E-state index is 0.0377. The Morgan fingerprint density at radius 1 is 1.43 bits per heavy atom. The summed E-state index contributed by atoms with van der Waals surface area (Å²) in [4.78, 5) is 15.9. The number of nitrogens with two attached hydrogens (primary N) is 2. The van der Waals surface area contributed by atoms with E-state index < -0.39 is 5.91 Å². The number of aromatic hydroxyl groups is 1. The summed E-state index contributed by atoms with van der Waals surface area (Å²) in [7, 11) is 0. The second-order valence-electron chi connectivity index (χ2n) is 4.76.